The first-order chi connectivity index (χ1) is 14.5. The highest BCUT2D eigenvalue weighted by Crippen LogP contribution is 2.32. The Kier molecular flexibility index (Phi) is 5.74. The second-order valence-corrected chi connectivity index (χ2v) is 7.41. The van der Waals surface area contributed by atoms with Gasteiger partial charge in [0, 0.05) is 38.4 Å². The van der Waals surface area contributed by atoms with Gasteiger partial charge < -0.3 is 15.4 Å². The Morgan fingerprint density at radius 2 is 1.60 bits per heavy atom. The summed E-state index contributed by atoms with van der Waals surface area (Å²) in [6.07, 6.45) is 0. The van der Waals surface area contributed by atoms with Crippen LogP contribution < -0.4 is 15.4 Å². The first-order valence-corrected chi connectivity index (χ1v) is 9.86. The van der Waals surface area contributed by atoms with Crippen molar-refractivity contribution in [2.24, 2.45) is 0 Å². The van der Waals surface area contributed by atoms with E-state index in [-0.39, 0.29) is 6.03 Å². The molecule has 7 heteroatoms. The van der Waals surface area contributed by atoms with Crippen LogP contribution in [0.25, 0.3) is 22.2 Å². The Morgan fingerprint density at radius 1 is 0.867 bits per heavy atom. The quantitative estimate of drug-likeness (QED) is 0.366. The number of aromatic nitrogens is 1. The Hall–Kier alpha value is -3.28. The fourth-order valence-corrected chi connectivity index (χ4v) is 3.39. The summed E-state index contributed by atoms with van der Waals surface area (Å²) >= 11 is 11.9. The minimum atomic E-state index is -0.374. The van der Waals surface area contributed by atoms with Gasteiger partial charge in [-0.3, -0.25) is 0 Å². The largest absolute Gasteiger partial charge is 0.496 e. The molecule has 4 aromatic rings. The summed E-state index contributed by atoms with van der Waals surface area (Å²) in [5.74, 6) is 0.656. The molecule has 0 radical (unpaired) electrons. The number of anilines is 2. The number of amides is 2. The molecule has 0 saturated carbocycles. The summed E-state index contributed by atoms with van der Waals surface area (Å²) in [4.78, 5) is 17.0. The molecule has 2 amide bonds. The van der Waals surface area contributed by atoms with E-state index in [1.54, 1.807) is 37.4 Å². The number of hydrogen-bond donors (Lipinski definition) is 2. The third-order valence-corrected chi connectivity index (χ3v) is 4.96. The van der Waals surface area contributed by atoms with E-state index in [2.05, 4.69) is 10.6 Å². The van der Waals surface area contributed by atoms with Crippen LogP contribution in [0.15, 0.2) is 72.8 Å². The summed E-state index contributed by atoms with van der Waals surface area (Å²) < 4.78 is 5.57. The van der Waals surface area contributed by atoms with Crippen LogP contribution >= 0.6 is 23.2 Å². The Balaban J connectivity index is 1.61. The minimum absolute atomic E-state index is 0.374. The van der Waals surface area contributed by atoms with Crippen LogP contribution in [0.1, 0.15) is 0 Å². The minimum Gasteiger partial charge on any atom is -0.496 e. The van der Waals surface area contributed by atoms with Gasteiger partial charge in [-0.1, -0.05) is 41.4 Å². The van der Waals surface area contributed by atoms with Crippen molar-refractivity contribution in [2.75, 3.05) is 17.7 Å². The zero-order valence-electron chi connectivity index (χ0n) is 15.9. The van der Waals surface area contributed by atoms with E-state index in [0.717, 1.165) is 22.2 Å². The van der Waals surface area contributed by atoms with Gasteiger partial charge in [0.15, 0.2) is 0 Å². The second-order valence-electron chi connectivity index (χ2n) is 6.54. The predicted molar refractivity (Wildman–Crippen MR) is 123 cm³/mol. The lowest BCUT2D eigenvalue weighted by Gasteiger charge is -2.12. The van der Waals surface area contributed by atoms with Crippen molar-refractivity contribution in [3.63, 3.8) is 0 Å². The standard InChI is InChI=1S/C23H17Cl2N3O2/c1-30-22-13-21(14-5-7-15(24)8-6-14)28-20-10-9-18(12-19(20)22)27-23(29)26-17-4-2-3-16(25)11-17/h2-13H,1H3,(H2,26,27,29). The van der Waals surface area contributed by atoms with Gasteiger partial charge in [-0.2, -0.15) is 0 Å². The first kappa shape index (κ1) is 20.0. The maximum absolute atomic E-state index is 12.3. The fourth-order valence-electron chi connectivity index (χ4n) is 3.07. The van der Waals surface area contributed by atoms with E-state index in [1.807, 2.05) is 42.5 Å². The zero-order chi connectivity index (χ0) is 21.1. The van der Waals surface area contributed by atoms with Crippen LogP contribution in [0.2, 0.25) is 10.0 Å². The number of carbonyl (C=O) groups excluding carboxylic acids is 1. The molecule has 1 aromatic heterocycles. The van der Waals surface area contributed by atoms with Crippen LogP contribution in [-0.2, 0) is 0 Å². The number of rotatable bonds is 4. The smallest absolute Gasteiger partial charge is 0.323 e. The molecule has 0 unspecified atom stereocenters. The zero-order valence-corrected chi connectivity index (χ0v) is 17.5. The SMILES string of the molecule is COc1cc(-c2ccc(Cl)cc2)nc2ccc(NC(=O)Nc3cccc(Cl)c3)cc12. The number of benzene rings is 3. The van der Waals surface area contributed by atoms with E-state index in [4.69, 9.17) is 32.9 Å². The highest BCUT2D eigenvalue weighted by atomic mass is 35.5. The van der Waals surface area contributed by atoms with E-state index in [1.165, 1.54) is 0 Å². The molecule has 4 rings (SSSR count). The third-order valence-electron chi connectivity index (χ3n) is 4.47. The van der Waals surface area contributed by atoms with Crippen LogP contribution in [0.3, 0.4) is 0 Å². The fraction of sp³-hybridized carbons (Fsp3) is 0.0435. The van der Waals surface area contributed by atoms with Gasteiger partial charge in [-0.25, -0.2) is 9.78 Å². The number of pyridine rings is 1. The average Bonchev–Trinajstić information content (AvgIpc) is 2.73. The van der Waals surface area contributed by atoms with Crippen molar-refractivity contribution >= 4 is 51.5 Å². The molecule has 0 saturated heterocycles. The number of fused-ring (bicyclic) bond motifs is 1. The number of nitrogens with one attached hydrogen (secondary N) is 2. The van der Waals surface area contributed by atoms with Gasteiger partial charge in [0.1, 0.15) is 5.75 Å². The first-order valence-electron chi connectivity index (χ1n) is 9.10. The molecule has 0 aliphatic carbocycles. The molecule has 0 atom stereocenters. The lowest BCUT2D eigenvalue weighted by molar-refractivity contribution is 0.262. The van der Waals surface area contributed by atoms with E-state index in [9.17, 15) is 4.79 Å². The molecule has 0 spiro atoms. The average molecular weight is 438 g/mol. The van der Waals surface area contributed by atoms with Crippen molar-refractivity contribution in [3.8, 4) is 17.0 Å². The van der Waals surface area contributed by atoms with Crippen molar-refractivity contribution in [1.82, 2.24) is 4.98 Å². The topological polar surface area (TPSA) is 63.2 Å². The number of hydrogen-bond acceptors (Lipinski definition) is 3. The number of urea groups is 1. The normalized spacial score (nSPS) is 10.6. The van der Waals surface area contributed by atoms with Crippen molar-refractivity contribution in [2.45, 2.75) is 0 Å². The molecule has 0 aliphatic rings. The monoisotopic (exact) mass is 437 g/mol. The molecule has 150 valence electrons. The molecule has 2 N–H and O–H groups in total. The van der Waals surface area contributed by atoms with Crippen LogP contribution in [0.5, 0.6) is 5.75 Å². The molecule has 1 heterocycles. The van der Waals surface area contributed by atoms with Crippen LogP contribution in [-0.4, -0.2) is 18.1 Å². The molecule has 0 fully saturated rings. The van der Waals surface area contributed by atoms with Gasteiger partial charge in [-0.15, -0.1) is 0 Å². The molecule has 3 aromatic carbocycles. The summed E-state index contributed by atoms with van der Waals surface area (Å²) in [5, 5.41) is 7.57. The van der Waals surface area contributed by atoms with Gasteiger partial charge in [0.2, 0.25) is 0 Å². The molecular weight excluding hydrogens is 421 g/mol. The number of ether oxygens (including phenoxy) is 1. The lowest BCUT2D eigenvalue weighted by Crippen LogP contribution is -2.19. The highest BCUT2D eigenvalue weighted by molar-refractivity contribution is 6.31. The van der Waals surface area contributed by atoms with E-state index >= 15 is 0 Å². The molecule has 0 bridgehead atoms. The van der Waals surface area contributed by atoms with E-state index < -0.39 is 0 Å². The van der Waals surface area contributed by atoms with Gasteiger partial charge in [0.25, 0.3) is 0 Å². The Bertz CT molecular complexity index is 1230. The van der Waals surface area contributed by atoms with Crippen molar-refractivity contribution in [1.29, 1.82) is 0 Å². The summed E-state index contributed by atoms with van der Waals surface area (Å²) in [5.41, 5.74) is 3.67. The van der Waals surface area contributed by atoms with Gasteiger partial charge in [-0.05, 0) is 48.5 Å². The van der Waals surface area contributed by atoms with Gasteiger partial charge in [0.05, 0.1) is 18.3 Å². The Labute approximate surface area is 183 Å². The Morgan fingerprint density at radius 3 is 2.30 bits per heavy atom. The number of carbonyl (C=O) groups is 1. The van der Waals surface area contributed by atoms with Crippen LogP contribution in [0.4, 0.5) is 16.2 Å². The third kappa shape index (κ3) is 4.48. The summed E-state index contributed by atoms with van der Waals surface area (Å²) in [6, 6.07) is 21.3. The van der Waals surface area contributed by atoms with Crippen molar-refractivity contribution in [3.05, 3.63) is 82.8 Å². The number of methoxy groups -OCH3 is 1. The summed E-state index contributed by atoms with van der Waals surface area (Å²) in [6.45, 7) is 0. The number of nitrogens with zero attached hydrogens (tertiary/aromatic N) is 1. The maximum atomic E-state index is 12.3. The summed E-state index contributed by atoms with van der Waals surface area (Å²) in [7, 11) is 1.60. The van der Waals surface area contributed by atoms with Crippen molar-refractivity contribution < 1.29 is 9.53 Å². The van der Waals surface area contributed by atoms with Gasteiger partial charge >= 0.3 is 6.03 Å². The molecular formula is C23H17Cl2N3O2. The maximum Gasteiger partial charge on any atom is 0.323 e. The second kappa shape index (κ2) is 8.61. The molecule has 30 heavy (non-hydrogen) atoms. The van der Waals surface area contributed by atoms with Crippen LogP contribution in [0, 0.1) is 0 Å². The molecule has 0 aliphatic heterocycles. The molecule has 5 nitrogen and oxygen atoms in total. The number of halogens is 2. The lowest BCUT2D eigenvalue weighted by atomic mass is 10.1. The van der Waals surface area contributed by atoms with E-state index in [0.29, 0.717) is 27.2 Å². The highest BCUT2D eigenvalue weighted by Gasteiger charge is 2.11. The predicted octanol–water partition coefficient (Wildman–Crippen LogP) is 6.86.